The van der Waals surface area contributed by atoms with Crippen LogP contribution < -0.4 is 5.32 Å². The summed E-state index contributed by atoms with van der Waals surface area (Å²) in [6.45, 7) is 2.14. The lowest BCUT2D eigenvalue weighted by atomic mass is 10.2. The van der Waals surface area contributed by atoms with Gasteiger partial charge in [-0.3, -0.25) is 14.7 Å². The summed E-state index contributed by atoms with van der Waals surface area (Å²) in [5.41, 5.74) is 0. The van der Waals surface area contributed by atoms with Crippen LogP contribution in [0.5, 0.6) is 0 Å². The largest absolute Gasteiger partial charge is 0.481 e. The highest BCUT2D eigenvalue weighted by Crippen LogP contribution is 1.95. The number of hydrogen-bond donors (Lipinski definition) is 3. The third-order valence-electron chi connectivity index (χ3n) is 1.90. The molecule has 7 heteroatoms. The molecular formula is C9H14N4O3. The van der Waals surface area contributed by atoms with Gasteiger partial charge in [-0.2, -0.15) is 0 Å². The Morgan fingerprint density at radius 2 is 2.19 bits per heavy atom. The van der Waals surface area contributed by atoms with Gasteiger partial charge in [-0.05, 0) is 19.8 Å². The number of hydrogen-bond acceptors (Lipinski definition) is 4. The van der Waals surface area contributed by atoms with Crippen molar-refractivity contribution in [1.29, 1.82) is 0 Å². The maximum atomic E-state index is 11.4. The summed E-state index contributed by atoms with van der Waals surface area (Å²) >= 11 is 0. The fourth-order valence-corrected chi connectivity index (χ4v) is 1.13. The Morgan fingerprint density at radius 1 is 1.44 bits per heavy atom. The second-order valence-corrected chi connectivity index (χ2v) is 3.35. The van der Waals surface area contributed by atoms with Gasteiger partial charge in [-0.1, -0.05) is 0 Å². The summed E-state index contributed by atoms with van der Waals surface area (Å²) in [7, 11) is 0. The van der Waals surface area contributed by atoms with Gasteiger partial charge in [0, 0.05) is 13.0 Å². The number of carboxylic acids is 1. The number of H-pyrrole nitrogens is 1. The van der Waals surface area contributed by atoms with Crippen LogP contribution in [0.15, 0.2) is 0 Å². The maximum absolute atomic E-state index is 11.4. The Morgan fingerprint density at radius 3 is 2.75 bits per heavy atom. The number of aromatic amines is 1. The number of nitrogens with one attached hydrogen (secondary N) is 2. The summed E-state index contributed by atoms with van der Waals surface area (Å²) in [5, 5.41) is 17.3. The smallest absolute Gasteiger partial charge is 0.303 e. The highest BCUT2D eigenvalue weighted by atomic mass is 16.4. The molecule has 1 aromatic heterocycles. The Balaban J connectivity index is 2.18. The second-order valence-electron chi connectivity index (χ2n) is 3.35. The number of aryl methyl sites for hydroxylation is 1. The van der Waals surface area contributed by atoms with E-state index in [0.717, 1.165) is 0 Å². The third-order valence-corrected chi connectivity index (χ3v) is 1.90. The minimum Gasteiger partial charge on any atom is -0.481 e. The minimum absolute atomic E-state index is 0.107. The normalized spacial score (nSPS) is 10.1. The average molecular weight is 226 g/mol. The highest BCUT2D eigenvalue weighted by molar-refractivity contribution is 5.90. The van der Waals surface area contributed by atoms with Crippen LogP contribution in [0.4, 0.5) is 0 Å². The van der Waals surface area contributed by atoms with E-state index < -0.39 is 5.97 Å². The molecule has 0 aliphatic heterocycles. The molecule has 0 spiro atoms. The Labute approximate surface area is 92.3 Å². The van der Waals surface area contributed by atoms with Crippen molar-refractivity contribution < 1.29 is 14.7 Å². The monoisotopic (exact) mass is 226 g/mol. The van der Waals surface area contributed by atoms with E-state index in [1.165, 1.54) is 0 Å². The molecule has 7 nitrogen and oxygen atoms in total. The fourth-order valence-electron chi connectivity index (χ4n) is 1.13. The lowest BCUT2D eigenvalue weighted by Gasteiger charge is -2.00. The molecule has 88 valence electrons. The standard InChI is InChI=1S/C9H14N4O3/c1-6-11-8(13-12-6)9(16)10-5-3-2-4-7(14)15/h2-5H2,1H3,(H,10,16)(H,14,15)(H,11,12,13). The van der Waals surface area contributed by atoms with Crippen molar-refractivity contribution in [2.75, 3.05) is 6.54 Å². The van der Waals surface area contributed by atoms with E-state index in [9.17, 15) is 9.59 Å². The Hall–Kier alpha value is -1.92. The van der Waals surface area contributed by atoms with E-state index in [1.54, 1.807) is 6.92 Å². The molecule has 0 aliphatic rings. The van der Waals surface area contributed by atoms with Gasteiger partial charge in [0.1, 0.15) is 5.82 Å². The number of carbonyl (C=O) groups is 2. The van der Waals surface area contributed by atoms with Crippen molar-refractivity contribution in [3.63, 3.8) is 0 Å². The lowest BCUT2D eigenvalue weighted by molar-refractivity contribution is -0.137. The summed E-state index contributed by atoms with van der Waals surface area (Å²) in [5.74, 6) is -0.484. The summed E-state index contributed by atoms with van der Waals surface area (Å²) < 4.78 is 0. The molecule has 0 fully saturated rings. The number of carbonyl (C=O) groups excluding carboxylic acids is 1. The van der Waals surface area contributed by atoms with Gasteiger partial charge in [0.15, 0.2) is 0 Å². The van der Waals surface area contributed by atoms with E-state index in [2.05, 4.69) is 20.5 Å². The lowest BCUT2D eigenvalue weighted by Crippen LogP contribution is -2.25. The van der Waals surface area contributed by atoms with Crippen LogP contribution in [0.1, 0.15) is 35.7 Å². The quantitative estimate of drug-likeness (QED) is 0.596. The van der Waals surface area contributed by atoms with Crippen molar-refractivity contribution in [2.45, 2.75) is 26.2 Å². The van der Waals surface area contributed by atoms with Crippen LogP contribution in [0, 0.1) is 6.92 Å². The molecule has 0 radical (unpaired) electrons. The number of nitrogens with zero attached hydrogens (tertiary/aromatic N) is 2. The van der Waals surface area contributed by atoms with Gasteiger partial charge >= 0.3 is 5.97 Å². The number of carboxylic acid groups (broad SMARTS) is 1. The maximum Gasteiger partial charge on any atom is 0.303 e. The molecule has 1 amide bonds. The van der Waals surface area contributed by atoms with Gasteiger partial charge in [-0.25, -0.2) is 4.98 Å². The third kappa shape index (κ3) is 4.07. The molecule has 1 aromatic rings. The molecule has 16 heavy (non-hydrogen) atoms. The van der Waals surface area contributed by atoms with Gasteiger partial charge in [0.2, 0.25) is 5.82 Å². The van der Waals surface area contributed by atoms with Crippen molar-refractivity contribution in [3.05, 3.63) is 11.6 Å². The van der Waals surface area contributed by atoms with Gasteiger partial charge in [-0.15, -0.1) is 5.10 Å². The van der Waals surface area contributed by atoms with Crippen molar-refractivity contribution in [3.8, 4) is 0 Å². The van der Waals surface area contributed by atoms with E-state index in [4.69, 9.17) is 5.11 Å². The van der Waals surface area contributed by atoms with E-state index in [0.29, 0.717) is 25.2 Å². The molecule has 0 unspecified atom stereocenters. The first-order valence-corrected chi connectivity index (χ1v) is 4.98. The summed E-state index contributed by atoms with van der Waals surface area (Å²) in [6.07, 6.45) is 1.29. The number of aromatic nitrogens is 3. The van der Waals surface area contributed by atoms with E-state index in [-0.39, 0.29) is 18.2 Å². The average Bonchev–Trinajstić information content (AvgIpc) is 2.63. The van der Waals surface area contributed by atoms with Crippen LogP contribution in [0.3, 0.4) is 0 Å². The molecule has 0 bridgehead atoms. The topological polar surface area (TPSA) is 108 Å². The van der Waals surface area contributed by atoms with Crippen molar-refractivity contribution in [1.82, 2.24) is 20.5 Å². The van der Waals surface area contributed by atoms with Gasteiger partial charge in [0.25, 0.3) is 5.91 Å². The SMILES string of the molecule is Cc1nc(C(=O)NCCCCC(=O)O)n[nH]1. The summed E-state index contributed by atoms with van der Waals surface area (Å²) in [6, 6.07) is 0. The number of amides is 1. The number of unbranched alkanes of at least 4 members (excludes halogenated alkanes) is 1. The molecule has 0 aliphatic carbocycles. The van der Waals surface area contributed by atoms with E-state index >= 15 is 0 Å². The van der Waals surface area contributed by atoms with Crippen LogP contribution in [-0.2, 0) is 4.79 Å². The molecule has 3 N–H and O–H groups in total. The number of aliphatic carboxylic acids is 1. The first-order chi connectivity index (χ1) is 7.59. The Bertz CT molecular complexity index is 375. The first kappa shape index (κ1) is 12.2. The fraction of sp³-hybridized carbons (Fsp3) is 0.556. The minimum atomic E-state index is -0.823. The molecule has 0 aromatic carbocycles. The zero-order valence-electron chi connectivity index (χ0n) is 8.99. The number of rotatable bonds is 6. The molecule has 1 heterocycles. The molecule has 0 saturated heterocycles. The zero-order chi connectivity index (χ0) is 12.0. The first-order valence-electron chi connectivity index (χ1n) is 4.98. The van der Waals surface area contributed by atoms with Crippen LogP contribution in [0.2, 0.25) is 0 Å². The van der Waals surface area contributed by atoms with E-state index in [1.807, 2.05) is 0 Å². The predicted octanol–water partition coefficient (Wildman–Crippen LogP) is 0.0978. The second kappa shape index (κ2) is 5.84. The van der Waals surface area contributed by atoms with Crippen LogP contribution in [0.25, 0.3) is 0 Å². The highest BCUT2D eigenvalue weighted by Gasteiger charge is 2.09. The molecular weight excluding hydrogens is 212 g/mol. The Kier molecular flexibility index (Phi) is 4.43. The van der Waals surface area contributed by atoms with Gasteiger partial charge < -0.3 is 10.4 Å². The molecule has 0 saturated carbocycles. The molecule has 0 atom stereocenters. The zero-order valence-corrected chi connectivity index (χ0v) is 8.99. The van der Waals surface area contributed by atoms with Crippen molar-refractivity contribution >= 4 is 11.9 Å². The van der Waals surface area contributed by atoms with Crippen molar-refractivity contribution in [2.24, 2.45) is 0 Å². The predicted molar refractivity (Wildman–Crippen MR) is 54.9 cm³/mol. The van der Waals surface area contributed by atoms with Gasteiger partial charge in [0.05, 0.1) is 0 Å². The van der Waals surface area contributed by atoms with Crippen LogP contribution >= 0.6 is 0 Å². The summed E-state index contributed by atoms with van der Waals surface area (Å²) in [4.78, 5) is 25.5. The molecule has 1 rings (SSSR count). The van der Waals surface area contributed by atoms with Crippen LogP contribution in [-0.4, -0.2) is 38.7 Å².